The van der Waals surface area contributed by atoms with Crippen LogP contribution in [0.25, 0.3) is 0 Å². The Morgan fingerprint density at radius 1 is 1.10 bits per heavy atom. The van der Waals surface area contributed by atoms with Crippen molar-refractivity contribution < 1.29 is 19.1 Å². The monoisotopic (exact) mass is 424 g/mol. The normalized spacial score (nSPS) is 15.6. The first-order valence-electron chi connectivity index (χ1n) is 10.1. The van der Waals surface area contributed by atoms with Gasteiger partial charge in [-0.3, -0.25) is 19.4 Å². The summed E-state index contributed by atoms with van der Waals surface area (Å²) >= 11 is 1.42. The fourth-order valence-corrected chi connectivity index (χ4v) is 4.11. The zero-order chi connectivity index (χ0) is 21.4. The summed E-state index contributed by atoms with van der Waals surface area (Å²) in [6.45, 7) is 7.86. The third-order valence-electron chi connectivity index (χ3n) is 4.79. The fourth-order valence-electron chi connectivity index (χ4n) is 3.11. The quantitative estimate of drug-likeness (QED) is 0.637. The van der Waals surface area contributed by atoms with E-state index >= 15 is 0 Å². The van der Waals surface area contributed by atoms with E-state index in [-0.39, 0.29) is 18.4 Å². The van der Waals surface area contributed by atoms with Crippen LogP contribution >= 0.6 is 11.3 Å². The van der Waals surface area contributed by atoms with Gasteiger partial charge in [0.2, 0.25) is 11.8 Å². The van der Waals surface area contributed by atoms with Crippen LogP contribution in [-0.2, 0) is 20.7 Å². The number of amides is 2. The molecule has 1 aliphatic heterocycles. The average molecular weight is 425 g/mol. The summed E-state index contributed by atoms with van der Waals surface area (Å²) in [7, 11) is 3.52. The number of ether oxygens (including phenoxy) is 1. The van der Waals surface area contributed by atoms with Gasteiger partial charge < -0.3 is 15.0 Å². The highest BCUT2D eigenvalue weighted by Crippen LogP contribution is 2.29. The second-order valence-electron chi connectivity index (χ2n) is 7.27. The summed E-state index contributed by atoms with van der Waals surface area (Å²) in [5.74, 6) is -0.459. The fraction of sp³-hybridized carbons (Fsp3) is 0.650. The Hall–Kier alpha value is -1.97. The Balaban J connectivity index is 1.92. The van der Waals surface area contributed by atoms with Gasteiger partial charge in [-0.15, -0.1) is 11.3 Å². The highest BCUT2D eigenvalue weighted by atomic mass is 32.1. The molecule has 2 rings (SSSR count). The van der Waals surface area contributed by atoms with Crippen LogP contribution < -0.4 is 5.32 Å². The molecule has 2 amide bonds. The van der Waals surface area contributed by atoms with Gasteiger partial charge in [0.1, 0.15) is 5.00 Å². The lowest BCUT2D eigenvalue weighted by atomic mass is 10.2. The predicted molar refractivity (Wildman–Crippen MR) is 114 cm³/mol. The summed E-state index contributed by atoms with van der Waals surface area (Å²) < 4.78 is 5.10. The maximum absolute atomic E-state index is 12.6. The number of aryl methyl sites for hydroxylation is 1. The van der Waals surface area contributed by atoms with Crippen LogP contribution in [0.2, 0.25) is 0 Å². The first-order valence-corrected chi connectivity index (χ1v) is 10.9. The van der Waals surface area contributed by atoms with Crippen molar-refractivity contribution in [2.45, 2.75) is 26.7 Å². The van der Waals surface area contributed by atoms with E-state index in [2.05, 4.69) is 15.1 Å². The Morgan fingerprint density at radius 3 is 2.34 bits per heavy atom. The van der Waals surface area contributed by atoms with E-state index in [0.29, 0.717) is 23.7 Å². The molecule has 0 radical (unpaired) electrons. The molecule has 0 unspecified atom stereocenters. The average Bonchev–Trinajstić information content (AvgIpc) is 2.95. The van der Waals surface area contributed by atoms with Gasteiger partial charge in [-0.2, -0.15) is 0 Å². The topological polar surface area (TPSA) is 82.2 Å². The number of hydrogen-bond acceptors (Lipinski definition) is 7. The van der Waals surface area contributed by atoms with E-state index in [1.807, 2.05) is 6.92 Å². The molecule has 1 fully saturated rings. The Bertz CT molecular complexity index is 719. The minimum Gasteiger partial charge on any atom is -0.462 e. The maximum atomic E-state index is 12.6. The van der Waals surface area contributed by atoms with E-state index < -0.39 is 5.97 Å². The number of likely N-dealkylation sites (N-methyl/N-ethyl adjacent to an activating group) is 1. The van der Waals surface area contributed by atoms with E-state index in [1.165, 1.54) is 11.3 Å². The van der Waals surface area contributed by atoms with Gasteiger partial charge in [0, 0.05) is 32.1 Å². The van der Waals surface area contributed by atoms with Crippen molar-refractivity contribution in [1.29, 1.82) is 0 Å². The molecule has 0 bridgehead atoms. The molecule has 8 nitrogen and oxygen atoms in total. The second kappa shape index (κ2) is 11.3. The lowest BCUT2D eigenvalue weighted by Crippen LogP contribution is -2.39. The van der Waals surface area contributed by atoms with Crippen molar-refractivity contribution in [3.8, 4) is 0 Å². The maximum Gasteiger partial charge on any atom is 0.341 e. The van der Waals surface area contributed by atoms with Gasteiger partial charge in [0.25, 0.3) is 0 Å². The van der Waals surface area contributed by atoms with E-state index in [4.69, 9.17) is 4.74 Å². The minimum atomic E-state index is -0.408. The molecular formula is C20H32N4O4S. The summed E-state index contributed by atoms with van der Waals surface area (Å²) in [6.07, 6.45) is 1.70. The predicted octanol–water partition coefficient (Wildman–Crippen LogP) is 1.52. The number of rotatable bonds is 8. The first kappa shape index (κ1) is 23.3. The SMILES string of the molecule is CCOC(=O)c1cc(CC)sc1NC(=O)CN1CCCN(CC(=O)N(C)C)CC1. The highest BCUT2D eigenvalue weighted by molar-refractivity contribution is 7.16. The van der Waals surface area contributed by atoms with Crippen LogP contribution in [0.15, 0.2) is 6.07 Å². The summed E-state index contributed by atoms with van der Waals surface area (Å²) in [4.78, 5) is 43.5. The Kier molecular flexibility index (Phi) is 9.06. The first-order chi connectivity index (χ1) is 13.8. The van der Waals surface area contributed by atoms with Gasteiger partial charge in [-0.1, -0.05) is 6.92 Å². The van der Waals surface area contributed by atoms with Crippen LogP contribution in [0.4, 0.5) is 5.00 Å². The van der Waals surface area contributed by atoms with Crippen molar-refractivity contribution in [2.75, 3.05) is 65.3 Å². The Morgan fingerprint density at radius 2 is 1.76 bits per heavy atom. The van der Waals surface area contributed by atoms with Crippen molar-refractivity contribution in [1.82, 2.24) is 14.7 Å². The zero-order valence-electron chi connectivity index (χ0n) is 17.8. The number of nitrogens with zero attached hydrogens (tertiary/aromatic N) is 3. The number of hydrogen-bond donors (Lipinski definition) is 1. The van der Waals surface area contributed by atoms with Gasteiger partial charge in [0.15, 0.2) is 0 Å². The molecule has 1 saturated heterocycles. The third kappa shape index (κ3) is 7.09. The standard InChI is InChI=1S/C20H32N4O4S/c1-5-15-12-16(20(27)28-6-2)19(29-15)21-17(25)13-23-8-7-9-24(11-10-23)14-18(26)22(3)4/h12H,5-11,13-14H2,1-4H3,(H,21,25). The molecule has 9 heteroatoms. The van der Waals surface area contributed by atoms with E-state index in [0.717, 1.165) is 43.9 Å². The number of anilines is 1. The lowest BCUT2D eigenvalue weighted by Gasteiger charge is -2.22. The molecule has 0 aromatic carbocycles. The number of thiophene rings is 1. The number of carbonyl (C=O) groups excluding carboxylic acids is 3. The summed E-state index contributed by atoms with van der Waals surface area (Å²) in [6, 6.07) is 1.80. The van der Waals surface area contributed by atoms with Gasteiger partial charge in [-0.25, -0.2) is 4.79 Å². The highest BCUT2D eigenvalue weighted by Gasteiger charge is 2.22. The molecule has 2 heterocycles. The van der Waals surface area contributed by atoms with Gasteiger partial charge in [-0.05, 0) is 38.9 Å². The molecule has 1 N–H and O–H groups in total. The van der Waals surface area contributed by atoms with Crippen molar-refractivity contribution in [2.24, 2.45) is 0 Å². The van der Waals surface area contributed by atoms with Crippen molar-refractivity contribution >= 4 is 34.1 Å². The van der Waals surface area contributed by atoms with Crippen LogP contribution in [0.3, 0.4) is 0 Å². The molecule has 162 valence electrons. The number of nitrogens with one attached hydrogen (secondary N) is 1. The molecule has 0 atom stereocenters. The third-order valence-corrected chi connectivity index (χ3v) is 5.98. The van der Waals surface area contributed by atoms with Crippen LogP contribution in [0, 0.1) is 0 Å². The zero-order valence-corrected chi connectivity index (χ0v) is 18.6. The molecule has 1 aliphatic rings. The molecule has 1 aromatic rings. The number of esters is 1. The van der Waals surface area contributed by atoms with Crippen molar-refractivity contribution in [3.05, 3.63) is 16.5 Å². The molecule has 0 saturated carbocycles. The summed E-state index contributed by atoms with van der Waals surface area (Å²) in [5, 5.41) is 3.45. The van der Waals surface area contributed by atoms with Crippen molar-refractivity contribution in [3.63, 3.8) is 0 Å². The summed E-state index contributed by atoms with van der Waals surface area (Å²) in [5.41, 5.74) is 0.422. The molecule has 0 aliphatic carbocycles. The van der Waals surface area contributed by atoms with Crippen LogP contribution in [0.5, 0.6) is 0 Å². The van der Waals surface area contributed by atoms with Gasteiger partial charge in [0.05, 0.1) is 25.3 Å². The smallest absolute Gasteiger partial charge is 0.341 e. The minimum absolute atomic E-state index is 0.0899. The Labute approximate surface area is 176 Å². The van der Waals surface area contributed by atoms with Crippen LogP contribution in [-0.4, -0.2) is 92.5 Å². The second-order valence-corrected chi connectivity index (χ2v) is 8.41. The van der Waals surface area contributed by atoms with E-state index in [1.54, 1.807) is 32.0 Å². The number of carbonyl (C=O) groups is 3. The molecule has 1 aromatic heterocycles. The molecule has 0 spiro atoms. The lowest BCUT2D eigenvalue weighted by molar-refractivity contribution is -0.130. The molecule has 29 heavy (non-hydrogen) atoms. The molecular weight excluding hydrogens is 392 g/mol. The van der Waals surface area contributed by atoms with Crippen LogP contribution in [0.1, 0.15) is 35.5 Å². The van der Waals surface area contributed by atoms with Gasteiger partial charge >= 0.3 is 5.97 Å². The largest absolute Gasteiger partial charge is 0.462 e. The van der Waals surface area contributed by atoms with E-state index in [9.17, 15) is 14.4 Å².